The molecule has 0 bridgehead atoms. The minimum Gasteiger partial charge on any atom is -0.366 e. The first kappa shape index (κ1) is 17.1. The van der Waals surface area contributed by atoms with Gasteiger partial charge in [-0.3, -0.25) is 4.79 Å². The van der Waals surface area contributed by atoms with Crippen LogP contribution in [0.25, 0.3) is 0 Å². The smallest absolute Gasteiger partial charge is 0.319 e. The first-order valence-corrected chi connectivity index (χ1v) is 7.51. The number of aryl methyl sites for hydroxylation is 1. The molecule has 2 rings (SSSR count). The van der Waals surface area contributed by atoms with Gasteiger partial charge in [-0.1, -0.05) is 35.3 Å². The standard InChI is InChI=1S/C16H15Cl2N3O2/c1-9-2-5-12(7-13(9)15(19)22)21-16(23)20-8-10-3-4-11(17)6-14(10)18/h2-7H,8H2,1H3,(H2,19,22)(H2,20,21,23). The number of carbonyl (C=O) groups is 2. The molecule has 3 amide bonds. The Morgan fingerprint density at radius 1 is 1.13 bits per heavy atom. The van der Waals surface area contributed by atoms with Gasteiger partial charge in [0.25, 0.3) is 0 Å². The summed E-state index contributed by atoms with van der Waals surface area (Å²) in [6.07, 6.45) is 0. The topological polar surface area (TPSA) is 84.2 Å². The maximum atomic E-state index is 11.9. The summed E-state index contributed by atoms with van der Waals surface area (Å²) >= 11 is 11.9. The Bertz CT molecular complexity index is 763. The molecule has 2 aromatic rings. The van der Waals surface area contributed by atoms with E-state index in [0.717, 1.165) is 11.1 Å². The summed E-state index contributed by atoms with van der Waals surface area (Å²) in [6, 6.07) is 9.56. The molecule has 0 spiro atoms. The lowest BCUT2D eigenvalue weighted by molar-refractivity contribution is 0.0999. The predicted octanol–water partition coefficient (Wildman–Crippen LogP) is 3.72. The number of halogens is 2. The fraction of sp³-hybridized carbons (Fsp3) is 0.125. The average molecular weight is 352 g/mol. The van der Waals surface area contributed by atoms with Crippen molar-refractivity contribution >= 4 is 40.8 Å². The van der Waals surface area contributed by atoms with E-state index in [1.807, 2.05) is 0 Å². The zero-order valence-corrected chi connectivity index (χ0v) is 13.8. The Labute approximate surface area is 143 Å². The summed E-state index contributed by atoms with van der Waals surface area (Å²) in [4.78, 5) is 23.2. The molecule has 7 heteroatoms. The molecule has 0 unspecified atom stereocenters. The molecule has 23 heavy (non-hydrogen) atoms. The van der Waals surface area contributed by atoms with E-state index in [9.17, 15) is 9.59 Å². The van der Waals surface area contributed by atoms with E-state index >= 15 is 0 Å². The highest BCUT2D eigenvalue weighted by atomic mass is 35.5. The fourth-order valence-electron chi connectivity index (χ4n) is 1.98. The summed E-state index contributed by atoms with van der Waals surface area (Å²) in [6.45, 7) is 2.02. The highest BCUT2D eigenvalue weighted by molar-refractivity contribution is 6.35. The molecule has 0 aliphatic carbocycles. The molecule has 2 aromatic carbocycles. The molecule has 0 saturated carbocycles. The van der Waals surface area contributed by atoms with Gasteiger partial charge in [0.2, 0.25) is 5.91 Å². The summed E-state index contributed by atoms with van der Waals surface area (Å²) in [5, 5.41) is 6.32. The van der Waals surface area contributed by atoms with Gasteiger partial charge in [-0.05, 0) is 42.3 Å². The van der Waals surface area contributed by atoms with E-state index in [-0.39, 0.29) is 6.54 Å². The van der Waals surface area contributed by atoms with Crippen LogP contribution in [0.15, 0.2) is 36.4 Å². The van der Waals surface area contributed by atoms with Crippen LogP contribution >= 0.6 is 23.2 Å². The van der Waals surface area contributed by atoms with Crippen molar-refractivity contribution in [1.29, 1.82) is 0 Å². The fourth-order valence-corrected chi connectivity index (χ4v) is 2.46. The minimum atomic E-state index is -0.542. The SMILES string of the molecule is Cc1ccc(NC(=O)NCc2ccc(Cl)cc2Cl)cc1C(N)=O. The molecular weight excluding hydrogens is 337 g/mol. The van der Waals surface area contributed by atoms with Crippen molar-refractivity contribution < 1.29 is 9.59 Å². The first-order chi connectivity index (χ1) is 10.9. The number of urea groups is 1. The Morgan fingerprint density at radius 3 is 2.52 bits per heavy atom. The molecule has 0 saturated heterocycles. The first-order valence-electron chi connectivity index (χ1n) is 6.76. The molecule has 0 fully saturated rings. The number of amides is 3. The molecule has 0 aliphatic rings. The highest BCUT2D eigenvalue weighted by Crippen LogP contribution is 2.21. The van der Waals surface area contributed by atoms with Gasteiger partial charge >= 0.3 is 6.03 Å². The number of rotatable bonds is 4. The molecular formula is C16H15Cl2N3O2. The van der Waals surface area contributed by atoms with Gasteiger partial charge in [0.15, 0.2) is 0 Å². The highest BCUT2D eigenvalue weighted by Gasteiger charge is 2.09. The summed E-state index contributed by atoms with van der Waals surface area (Å²) in [5.74, 6) is -0.542. The number of nitrogens with one attached hydrogen (secondary N) is 2. The summed E-state index contributed by atoms with van der Waals surface area (Å²) < 4.78 is 0. The van der Waals surface area contributed by atoms with Crippen LogP contribution < -0.4 is 16.4 Å². The largest absolute Gasteiger partial charge is 0.366 e. The molecule has 0 heterocycles. The number of nitrogens with two attached hydrogens (primary N) is 1. The predicted molar refractivity (Wildman–Crippen MR) is 92.0 cm³/mol. The molecule has 5 nitrogen and oxygen atoms in total. The van der Waals surface area contributed by atoms with Crippen LogP contribution in [-0.2, 0) is 6.54 Å². The van der Waals surface area contributed by atoms with Crippen LogP contribution in [0.1, 0.15) is 21.5 Å². The molecule has 0 radical (unpaired) electrons. The van der Waals surface area contributed by atoms with Crippen molar-refractivity contribution in [3.05, 3.63) is 63.1 Å². The van der Waals surface area contributed by atoms with Gasteiger partial charge < -0.3 is 16.4 Å². The van der Waals surface area contributed by atoms with Crippen molar-refractivity contribution in [2.24, 2.45) is 5.73 Å². The quantitative estimate of drug-likeness (QED) is 0.783. The number of anilines is 1. The Hall–Kier alpha value is -2.24. The van der Waals surface area contributed by atoms with E-state index in [1.54, 1.807) is 37.3 Å². The molecule has 120 valence electrons. The van der Waals surface area contributed by atoms with Crippen molar-refractivity contribution in [2.45, 2.75) is 13.5 Å². The number of primary amides is 1. The second-order valence-corrected chi connectivity index (χ2v) is 5.78. The molecule has 0 aromatic heterocycles. The van der Waals surface area contributed by atoms with Gasteiger partial charge in [-0.25, -0.2) is 4.79 Å². The van der Waals surface area contributed by atoms with Gasteiger partial charge in [-0.15, -0.1) is 0 Å². The van der Waals surface area contributed by atoms with Crippen LogP contribution in [0.4, 0.5) is 10.5 Å². The summed E-state index contributed by atoms with van der Waals surface area (Å²) in [7, 11) is 0. The third-order valence-corrected chi connectivity index (χ3v) is 3.80. The van der Waals surface area contributed by atoms with Crippen LogP contribution in [0, 0.1) is 6.92 Å². The van der Waals surface area contributed by atoms with Crippen LogP contribution in [0.2, 0.25) is 10.0 Å². The number of benzene rings is 2. The van der Waals surface area contributed by atoms with E-state index < -0.39 is 11.9 Å². The normalized spacial score (nSPS) is 10.2. The van der Waals surface area contributed by atoms with Gasteiger partial charge in [-0.2, -0.15) is 0 Å². The van der Waals surface area contributed by atoms with Gasteiger partial charge in [0.1, 0.15) is 0 Å². The van der Waals surface area contributed by atoms with E-state index in [1.165, 1.54) is 6.07 Å². The Balaban J connectivity index is 2.00. The zero-order valence-electron chi connectivity index (χ0n) is 12.3. The monoisotopic (exact) mass is 351 g/mol. The van der Waals surface area contributed by atoms with Gasteiger partial charge in [0.05, 0.1) is 0 Å². The minimum absolute atomic E-state index is 0.246. The van der Waals surface area contributed by atoms with Gasteiger partial charge in [0, 0.05) is 27.8 Å². The van der Waals surface area contributed by atoms with Crippen molar-refractivity contribution in [1.82, 2.24) is 5.32 Å². The lowest BCUT2D eigenvalue weighted by Gasteiger charge is -2.10. The number of carbonyl (C=O) groups excluding carboxylic acids is 2. The van der Waals surface area contributed by atoms with E-state index in [0.29, 0.717) is 21.3 Å². The maximum absolute atomic E-state index is 11.9. The van der Waals surface area contributed by atoms with Crippen molar-refractivity contribution in [2.75, 3.05) is 5.32 Å². The van der Waals surface area contributed by atoms with Crippen LogP contribution in [-0.4, -0.2) is 11.9 Å². The lowest BCUT2D eigenvalue weighted by Crippen LogP contribution is -2.28. The molecule has 4 N–H and O–H groups in total. The third kappa shape index (κ3) is 4.61. The Kier molecular flexibility index (Phi) is 5.47. The second-order valence-electron chi connectivity index (χ2n) is 4.94. The average Bonchev–Trinajstić information content (AvgIpc) is 2.48. The summed E-state index contributed by atoms with van der Waals surface area (Å²) in [5.41, 5.74) is 7.62. The molecule has 0 atom stereocenters. The van der Waals surface area contributed by atoms with Crippen LogP contribution in [0.5, 0.6) is 0 Å². The number of hydrogen-bond donors (Lipinski definition) is 3. The van der Waals surface area contributed by atoms with Crippen LogP contribution in [0.3, 0.4) is 0 Å². The third-order valence-electron chi connectivity index (χ3n) is 3.22. The van der Waals surface area contributed by atoms with E-state index in [4.69, 9.17) is 28.9 Å². The zero-order chi connectivity index (χ0) is 17.0. The molecule has 0 aliphatic heterocycles. The van der Waals surface area contributed by atoms with Crippen molar-refractivity contribution in [3.8, 4) is 0 Å². The lowest BCUT2D eigenvalue weighted by atomic mass is 10.1. The second kappa shape index (κ2) is 7.35. The number of hydrogen-bond acceptors (Lipinski definition) is 2. The van der Waals surface area contributed by atoms with E-state index in [2.05, 4.69) is 10.6 Å². The Morgan fingerprint density at radius 2 is 1.87 bits per heavy atom. The van der Waals surface area contributed by atoms with Crippen molar-refractivity contribution in [3.63, 3.8) is 0 Å². The maximum Gasteiger partial charge on any atom is 0.319 e.